The topological polar surface area (TPSA) is 134 Å². The van der Waals surface area contributed by atoms with Gasteiger partial charge in [-0.25, -0.2) is 0 Å². The molecule has 40 heavy (non-hydrogen) atoms. The summed E-state index contributed by atoms with van der Waals surface area (Å²) in [6.45, 7) is 1.85. The molecule has 8 nitrogen and oxygen atoms in total. The lowest BCUT2D eigenvalue weighted by Crippen LogP contribution is -2.41. The highest BCUT2D eigenvalue weighted by Gasteiger charge is 2.44. The van der Waals surface area contributed by atoms with E-state index in [1.165, 1.54) is 0 Å². The van der Waals surface area contributed by atoms with E-state index in [9.17, 15) is 19.5 Å². The van der Waals surface area contributed by atoms with Crippen LogP contribution < -0.4 is 16.4 Å². The number of nitrogens with two attached hydrogens (primary N) is 1. The fourth-order valence-electron chi connectivity index (χ4n) is 7.35. The van der Waals surface area contributed by atoms with Crippen LogP contribution in [-0.2, 0) is 0 Å². The summed E-state index contributed by atoms with van der Waals surface area (Å²) in [4.78, 5) is 42.5. The molecule has 2 aromatic rings. The number of rotatable bonds is 8. The molecule has 0 radical (unpaired) electrons. The Kier molecular flexibility index (Phi) is 7.15. The van der Waals surface area contributed by atoms with E-state index < -0.39 is 11.5 Å². The monoisotopic (exact) mass is 544 g/mol. The average molecular weight is 545 g/mol. The van der Waals surface area contributed by atoms with Crippen molar-refractivity contribution >= 4 is 23.3 Å². The highest BCUT2D eigenvalue weighted by atomic mass is 16.3. The zero-order valence-corrected chi connectivity index (χ0v) is 23.2. The summed E-state index contributed by atoms with van der Waals surface area (Å²) in [7, 11) is 0. The first-order valence-corrected chi connectivity index (χ1v) is 14.9. The summed E-state index contributed by atoms with van der Waals surface area (Å²) in [5.41, 5.74) is 8.23. The normalized spacial score (nSPS) is 31.4. The van der Waals surface area contributed by atoms with Crippen molar-refractivity contribution in [3.8, 4) is 0 Å². The van der Waals surface area contributed by atoms with Crippen molar-refractivity contribution in [1.82, 2.24) is 10.3 Å². The van der Waals surface area contributed by atoms with Gasteiger partial charge in [0, 0.05) is 52.6 Å². The Hall–Kier alpha value is -3.26. The molecule has 4 fully saturated rings. The number of carbonyl (C=O) groups excluding carboxylic acids is 3. The second kappa shape index (κ2) is 10.6. The fraction of sp³-hybridized carbons (Fsp3) is 0.562. The van der Waals surface area contributed by atoms with Crippen LogP contribution in [0.25, 0.3) is 0 Å². The van der Waals surface area contributed by atoms with Gasteiger partial charge in [-0.1, -0.05) is 0 Å². The molecule has 0 aliphatic heterocycles. The van der Waals surface area contributed by atoms with Gasteiger partial charge in [-0.2, -0.15) is 0 Å². The molecule has 4 aliphatic carbocycles. The molecule has 1 aromatic carbocycles. The largest absolute Gasteiger partial charge is 0.390 e. The van der Waals surface area contributed by atoms with E-state index in [2.05, 4.69) is 10.6 Å². The Morgan fingerprint density at radius 3 is 2.20 bits per heavy atom. The zero-order valence-electron chi connectivity index (χ0n) is 23.2. The maximum absolute atomic E-state index is 13.3. The van der Waals surface area contributed by atoms with Crippen LogP contribution in [0.2, 0.25) is 0 Å². The molecule has 212 valence electrons. The van der Waals surface area contributed by atoms with Crippen molar-refractivity contribution in [2.24, 2.45) is 23.5 Å². The predicted octanol–water partition coefficient (Wildman–Crippen LogP) is 4.58. The Morgan fingerprint density at radius 2 is 1.60 bits per heavy atom. The van der Waals surface area contributed by atoms with Gasteiger partial charge in [-0.15, -0.1) is 0 Å². The van der Waals surface area contributed by atoms with Crippen molar-refractivity contribution < 1.29 is 19.5 Å². The van der Waals surface area contributed by atoms with Crippen molar-refractivity contribution in [2.75, 3.05) is 5.32 Å². The number of hydrogen-bond donors (Lipinski definition) is 4. The van der Waals surface area contributed by atoms with Gasteiger partial charge in [0.05, 0.1) is 11.2 Å². The molecule has 4 aliphatic rings. The van der Waals surface area contributed by atoms with Crippen LogP contribution >= 0.6 is 0 Å². The van der Waals surface area contributed by atoms with Crippen molar-refractivity contribution in [1.29, 1.82) is 0 Å². The third-order valence-corrected chi connectivity index (χ3v) is 9.76. The maximum Gasteiger partial charge on any atom is 0.251 e. The molecule has 1 heterocycles. The third kappa shape index (κ3) is 5.64. The Bertz CT molecular complexity index is 1280. The molecule has 5 N–H and O–H groups in total. The number of Topliss-reactive ketones (excluding diaryl/α,β-unsaturated/α-hetero) is 1. The number of aromatic nitrogens is 1. The van der Waals surface area contributed by atoms with E-state index >= 15 is 0 Å². The molecule has 2 bridgehead atoms. The van der Waals surface area contributed by atoms with Crippen LogP contribution in [0.1, 0.15) is 114 Å². The minimum atomic E-state index is -0.653. The van der Waals surface area contributed by atoms with Gasteiger partial charge in [-0.05, 0) is 113 Å². The number of ketones is 1. The van der Waals surface area contributed by atoms with Crippen LogP contribution in [0, 0.1) is 17.8 Å². The number of nitrogens with one attached hydrogen (secondary N) is 2. The van der Waals surface area contributed by atoms with Gasteiger partial charge in [-0.3, -0.25) is 19.4 Å². The van der Waals surface area contributed by atoms with Crippen LogP contribution in [-0.4, -0.2) is 45.4 Å². The Labute approximate surface area is 235 Å². The highest BCUT2D eigenvalue weighted by Crippen LogP contribution is 2.51. The van der Waals surface area contributed by atoms with Gasteiger partial charge in [0.15, 0.2) is 5.78 Å². The van der Waals surface area contributed by atoms with E-state index in [1.54, 1.807) is 24.4 Å². The maximum atomic E-state index is 13.3. The number of aliphatic hydroxyl groups is 1. The third-order valence-electron chi connectivity index (χ3n) is 9.76. The first kappa shape index (κ1) is 26.9. The fourth-order valence-corrected chi connectivity index (χ4v) is 7.35. The Morgan fingerprint density at radius 1 is 0.925 bits per heavy atom. The number of benzene rings is 1. The summed E-state index contributed by atoms with van der Waals surface area (Å²) in [5, 5.41) is 17.0. The van der Waals surface area contributed by atoms with Crippen molar-refractivity contribution in [3.63, 3.8) is 0 Å². The quantitative estimate of drug-likeness (QED) is 0.360. The number of fused-ring (bicyclic) bond motifs is 2. The van der Waals surface area contributed by atoms with Gasteiger partial charge in [0.2, 0.25) is 0 Å². The number of anilines is 1. The van der Waals surface area contributed by atoms with Crippen LogP contribution in [0.4, 0.5) is 5.69 Å². The summed E-state index contributed by atoms with van der Waals surface area (Å²) < 4.78 is 0. The molecule has 0 saturated heterocycles. The number of amides is 2. The highest BCUT2D eigenvalue weighted by molar-refractivity contribution is 6.02. The summed E-state index contributed by atoms with van der Waals surface area (Å²) in [6, 6.07) is 9.22. The number of hydrogen-bond acceptors (Lipinski definition) is 6. The molecule has 4 saturated carbocycles. The number of carbonyl (C=O) groups is 3. The average Bonchev–Trinajstić information content (AvgIpc) is 3.74. The molecule has 8 heteroatoms. The first-order valence-electron chi connectivity index (χ1n) is 14.9. The van der Waals surface area contributed by atoms with E-state index in [0.717, 1.165) is 62.6 Å². The molecular weight excluding hydrogens is 504 g/mol. The molecule has 2 amide bonds. The second-order valence-electron chi connectivity index (χ2n) is 12.9. The summed E-state index contributed by atoms with van der Waals surface area (Å²) in [5.74, 6) is 1.04. The van der Waals surface area contributed by atoms with Gasteiger partial charge in [0.25, 0.3) is 11.8 Å². The van der Waals surface area contributed by atoms with Gasteiger partial charge < -0.3 is 21.5 Å². The van der Waals surface area contributed by atoms with E-state index in [-0.39, 0.29) is 29.7 Å². The van der Waals surface area contributed by atoms with Gasteiger partial charge >= 0.3 is 0 Å². The molecular formula is C32H40N4O4. The molecule has 2 atom stereocenters. The Balaban J connectivity index is 1.10. The number of pyridine rings is 1. The second-order valence-corrected chi connectivity index (χ2v) is 12.9. The summed E-state index contributed by atoms with van der Waals surface area (Å²) >= 11 is 0. The SMILES string of the molecule is C[C@]1(O)CC[C@@H](Nc2cc(C(=O)NC3CC4CCC(C3)C4c3ccc(C(=O)C4CC4)cn3)ccc2C(N)=O)CC1. The smallest absolute Gasteiger partial charge is 0.251 e. The lowest BCUT2D eigenvalue weighted by molar-refractivity contribution is 0.0196. The van der Waals surface area contributed by atoms with E-state index in [0.29, 0.717) is 47.4 Å². The van der Waals surface area contributed by atoms with Gasteiger partial charge in [0.1, 0.15) is 0 Å². The zero-order chi connectivity index (χ0) is 28.0. The minimum Gasteiger partial charge on any atom is -0.390 e. The van der Waals surface area contributed by atoms with E-state index in [4.69, 9.17) is 10.7 Å². The molecule has 2 unspecified atom stereocenters. The molecule has 0 spiro atoms. The summed E-state index contributed by atoms with van der Waals surface area (Å²) in [6.07, 6.45) is 10.7. The van der Waals surface area contributed by atoms with E-state index in [1.807, 2.05) is 19.1 Å². The van der Waals surface area contributed by atoms with Crippen molar-refractivity contribution in [2.45, 2.75) is 94.7 Å². The first-order chi connectivity index (χ1) is 19.2. The van der Waals surface area contributed by atoms with Crippen LogP contribution in [0.3, 0.4) is 0 Å². The molecule has 1 aromatic heterocycles. The number of nitrogens with zero attached hydrogens (tertiary/aromatic N) is 1. The van der Waals surface area contributed by atoms with Crippen LogP contribution in [0.5, 0.6) is 0 Å². The minimum absolute atomic E-state index is 0.0877. The van der Waals surface area contributed by atoms with Crippen molar-refractivity contribution in [3.05, 3.63) is 58.9 Å². The number of primary amides is 1. The standard InChI is InChI=1S/C32H40N4O4/c1-32(40)12-10-23(11-13-32)35-27-16-21(6-8-25(27)30(33)38)31(39)36-24-14-19-4-5-20(15-24)28(19)26-9-7-22(17-34-26)29(37)18-2-3-18/h6-9,16-20,23-24,28,35,40H,2-5,10-15H2,1H3,(H2,33,38)(H,36,39)/t19?,20?,23-,24?,28?,32+. The lowest BCUT2D eigenvalue weighted by atomic mass is 9.74. The molecule has 6 rings (SSSR count). The van der Waals surface area contributed by atoms with Crippen LogP contribution in [0.15, 0.2) is 36.5 Å². The predicted molar refractivity (Wildman–Crippen MR) is 152 cm³/mol. The lowest BCUT2D eigenvalue weighted by Gasteiger charge is -2.35.